The van der Waals surface area contributed by atoms with Crippen LogP contribution in [-0.2, 0) is 17.6 Å². The molecule has 2 aromatic rings. The van der Waals surface area contributed by atoms with Gasteiger partial charge in [-0.1, -0.05) is 0 Å². The van der Waals surface area contributed by atoms with Crippen molar-refractivity contribution >= 4 is 11.6 Å². The third-order valence-electron chi connectivity index (χ3n) is 3.50. The van der Waals surface area contributed by atoms with Crippen LogP contribution in [0, 0.1) is 0 Å². The summed E-state index contributed by atoms with van der Waals surface area (Å²) < 4.78 is 5.67. The zero-order chi connectivity index (χ0) is 14.5. The molecular weight excluding hydrogens is 266 g/mol. The molecule has 0 radical (unpaired) electrons. The van der Waals surface area contributed by atoms with Crippen LogP contribution in [0.25, 0.3) is 0 Å². The first-order valence-corrected chi connectivity index (χ1v) is 7.12. The van der Waals surface area contributed by atoms with E-state index in [9.17, 15) is 4.79 Å². The molecule has 108 valence electrons. The Balaban J connectivity index is 1.61. The van der Waals surface area contributed by atoms with Gasteiger partial charge in [-0.2, -0.15) is 0 Å². The Hall–Kier alpha value is -2.43. The summed E-state index contributed by atoms with van der Waals surface area (Å²) in [5, 5.41) is 2.75. The van der Waals surface area contributed by atoms with E-state index in [1.807, 2.05) is 6.07 Å². The Labute approximate surface area is 123 Å². The van der Waals surface area contributed by atoms with Gasteiger partial charge in [0, 0.05) is 23.7 Å². The summed E-state index contributed by atoms with van der Waals surface area (Å²) in [6, 6.07) is 5.40. The summed E-state index contributed by atoms with van der Waals surface area (Å²) in [5.41, 5.74) is 2.92. The first-order valence-electron chi connectivity index (χ1n) is 7.12. The second-order valence-corrected chi connectivity index (χ2v) is 5.02. The Morgan fingerprint density at radius 2 is 2.14 bits per heavy atom. The average Bonchev–Trinajstić information content (AvgIpc) is 2.54. The van der Waals surface area contributed by atoms with E-state index >= 15 is 0 Å². The lowest BCUT2D eigenvalue weighted by Gasteiger charge is -2.18. The SMILES string of the molecule is O=C(COc1ccnc2c1CCCC2)Nc1cccnc1. The van der Waals surface area contributed by atoms with Crippen LogP contribution in [0.15, 0.2) is 36.8 Å². The van der Waals surface area contributed by atoms with Crippen molar-refractivity contribution in [1.29, 1.82) is 0 Å². The van der Waals surface area contributed by atoms with Gasteiger partial charge < -0.3 is 10.1 Å². The molecule has 0 saturated heterocycles. The molecule has 2 aromatic heterocycles. The number of fused-ring (bicyclic) bond motifs is 1. The van der Waals surface area contributed by atoms with Gasteiger partial charge >= 0.3 is 0 Å². The van der Waals surface area contributed by atoms with Gasteiger partial charge in [0.25, 0.3) is 5.91 Å². The summed E-state index contributed by atoms with van der Waals surface area (Å²) in [5.74, 6) is 0.588. The van der Waals surface area contributed by atoms with Crippen LogP contribution in [0.4, 0.5) is 5.69 Å². The van der Waals surface area contributed by atoms with E-state index in [-0.39, 0.29) is 12.5 Å². The number of rotatable bonds is 4. The number of aromatic nitrogens is 2. The number of carbonyl (C=O) groups is 1. The minimum Gasteiger partial charge on any atom is -0.483 e. The second kappa shape index (κ2) is 6.35. The van der Waals surface area contributed by atoms with Gasteiger partial charge in [-0.05, 0) is 43.9 Å². The van der Waals surface area contributed by atoms with Crippen molar-refractivity contribution in [3.05, 3.63) is 48.0 Å². The maximum absolute atomic E-state index is 11.9. The smallest absolute Gasteiger partial charge is 0.262 e. The van der Waals surface area contributed by atoms with E-state index in [1.165, 1.54) is 6.42 Å². The number of anilines is 1. The van der Waals surface area contributed by atoms with Crippen LogP contribution in [0.3, 0.4) is 0 Å². The minimum absolute atomic E-state index is 0.00858. The number of nitrogens with zero attached hydrogens (tertiary/aromatic N) is 2. The molecule has 5 nitrogen and oxygen atoms in total. The average molecular weight is 283 g/mol. The highest BCUT2D eigenvalue weighted by molar-refractivity contribution is 5.91. The molecule has 3 rings (SSSR count). The maximum Gasteiger partial charge on any atom is 0.262 e. The molecule has 1 aliphatic carbocycles. The molecule has 0 fully saturated rings. The Bertz CT molecular complexity index is 629. The van der Waals surface area contributed by atoms with Crippen LogP contribution < -0.4 is 10.1 Å². The quantitative estimate of drug-likeness (QED) is 0.935. The van der Waals surface area contributed by atoms with E-state index in [4.69, 9.17) is 4.74 Å². The van der Waals surface area contributed by atoms with Crippen molar-refractivity contribution in [3.63, 3.8) is 0 Å². The molecule has 0 spiro atoms. The molecular formula is C16H17N3O2. The van der Waals surface area contributed by atoms with Gasteiger partial charge in [-0.25, -0.2) is 0 Å². The topological polar surface area (TPSA) is 64.1 Å². The molecule has 0 saturated carbocycles. The third kappa shape index (κ3) is 3.37. The van der Waals surface area contributed by atoms with Crippen molar-refractivity contribution < 1.29 is 9.53 Å². The fourth-order valence-corrected chi connectivity index (χ4v) is 2.51. The Kier molecular flexibility index (Phi) is 4.09. The lowest BCUT2D eigenvalue weighted by Crippen LogP contribution is -2.21. The van der Waals surface area contributed by atoms with Crippen LogP contribution in [-0.4, -0.2) is 22.5 Å². The number of hydrogen-bond donors (Lipinski definition) is 1. The highest BCUT2D eigenvalue weighted by atomic mass is 16.5. The van der Waals surface area contributed by atoms with Crippen molar-refractivity contribution in [3.8, 4) is 5.75 Å². The van der Waals surface area contributed by atoms with Gasteiger partial charge in [-0.15, -0.1) is 0 Å². The molecule has 1 N–H and O–H groups in total. The van der Waals surface area contributed by atoms with Crippen molar-refractivity contribution in [2.45, 2.75) is 25.7 Å². The van der Waals surface area contributed by atoms with E-state index in [0.29, 0.717) is 5.69 Å². The summed E-state index contributed by atoms with van der Waals surface area (Å²) in [4.78, 5) is 20.2. The number of ether oxygens (including phenoxy) is 1. The van der Waals surface area contributed by atoms with E-state index < -0.39 is 0 Å². The second-order valence-electron chi connectivity index (χ2n) is 5.02. The fourth-order valence-electron chi connectivity index (χ4n) is 2.51. The number of carbonyl (C=O) groups excluding carboxylic acids is 1. The van der Waals surface area contributed by atoms with Crippen molar-refractivity contribution in [1.82, 2.24) is 9.97 Å². The lowest BCUT2D eigenvalue weighted by atomic mass is 9.95. The largest absolute Gasteiger partial charge is 0.483 e. The Morgan fingerprint density at radius 1 is 1.24 bits per heavy atom. The third-order valence-corrected chi connectivity index (χ3v) is 3.50. The molecule has 0 bridgehead atoms. The van der Waals surface area contributed by atoms with Crippen LogP contribution in [0.1, 0.15) is 24.1 Å². The monoisotopic (exact) mass is 283 g/mol. The number of aryl methyl sites for hydroxylation is 1. The van der Waals surface area contributed by atoms with Crippen LogP contribution in [0.5, 0.6) is 5.75 Å². The summed E-state index contributed by atoms with van der Waals surface area (Å²) in [7, 11) is 0. The van der Waals surface area contributed by atoms with Crippen molar-refractivity contribution in [2.24, 2.45) is 0 Å². The molecule has 21 heavy (non-hydrogen) atoms. The maximum atomic E-state index is 11.9. The molecule has 0 aliphatic heterocycles. The van der Waals surface area contributed by atoms with Gasteiger partial charge in [0.05, 0.1) is 11.9 Å². The number of amides is 1. The van der Waals surface area contributed by atoms with Gasteiger partial charge in [0.15, 0.2) is 6.61 Å². The normalized spacial score (nSPS) is 13.3. The predicted molar refractivity (Wildman–Crippen MR) is 79.2 cm³/mol. The Morgan fingerprint density at radius 3 is 3.00 bits per heavy atom. The van der Waals surface area contributed by atoms with Gasteiger partial charge in [0.2, 0.25) is 0 Å². The van der Waals surface area contributed by atoms with Crippen molar-refractivity contribution in [2.75, 3.05) is 11.9 Å². The van der Waals surface area contributed by atoms with Crippen LogP contribution >= 0.6 is 0 Å². The predicted octanol–water partition coefficient (Wildman–Crippen LogP) is 2.37. The zero-order valence-electron chi connectivity index (χ0n) is 11.7. The number of hydrogen-bond acceptors (Lipinski definition) is 4. The minimum atomic E-state index is -0.190. The molecule has 1 amide bonds. The molecule has 0 atom stereocenters. The fraction of sp³-hybridized carbons (Fsp3) is 0.312. The highest BCUT2D eigenvalue weighted by Crippen LogP contribution is 2.27. The highest BCUT2D eigenvalue weighted by Gasteiger charge is 2.15. The molecule has 0 aromatic carbocycles. The molecule has 5 heteroatoms. The lowest BCUT2D eigenvalue weighted by molar-refractivity contribution is -0.118. The summed E-state index contributed by atoms with van der Waals surface area (Å²) in [6.07, 6.45) is 9.30. The van der Waals surface area contributed by atoms with E-state index in [2.05, 4.69) is 15.3 Å². The molecule has 0 unspecified atom stereocenters. The zero-order valence-corrected chi connectivity index (χ0v) is 11.7. The number of nitrogens with one attached hydrogen (secondary N) is 1. The first-order chi connectivity index (χ1) is 10.3. The molecule has 2 heterocycles. The van der Waals surface area contributed by atoms with Gasteiger partial charge in [0.1, 0.15) is 5.75 Å². The summed E-state index contributed by atoms with van der Waals surface area (Å²) >= 11 is 0. The van der Waals surface area contributed by atoms with E-state index in [1.54, 1.807) is 30.7 Å². The first kappa shape index (κ1) is 13.5. The number of pyridine rings is 2. The van der Waals surface area contributed by atoms with Crippen LogP contribution in [0.2, 0.25) is 0 Å². The van der Waals surface area contributed by atoms with E-state index in [0.717, 1.165) is 36.3 Å². The van der Waals surface area contributed by atoms with Gasteiger partial charge in [-0.3, -0.25) is 14.8 Å². The molecule has 1 aliphatic rings. The summed E-state index contributed by atoms with van der Waals surface area (Å²) in [6.45, 7) is -0.00858. The standard InChI is InChI=1S/C16H17N3O2/c20-16(19-12-4-3-8-17-10-12)11-21-15-7-9-18-14-6-2-1-5-13(14)15/h3-4,7-10H,1-2,5-6,11H2,(H,19,20).